The Kier molecular flexibility index (Phi) is 34.0. The van der Waals surface area contributed by atoms with Crippen LogP contribution in [0, 0.1) is 0 Å². The summed E-state index contributed by atoms with van der Waals surface area (Å²) in [6, 6.07) is 0. The van der Waals surface area contributed by atoms with Crippen molar-refractivity contribution in [1.29, 1.82) is 0 Å². The molecule has 0 bridgehead atoms. The van der Waals surface area contributed by atoms with Crippen LogP contribution in [0.1, 0.15) is 168 Å². The summed E-state index contributed by atoms with van der Waals surface area (Å²) in [5, 5.41) is 72.0. The van der Waals surface area contributed by atoms with E-state index in [1.807, 2.05) is 0 Å². The number of hydrogen-bond donors (Lipinski definition) is 7. The molecule has 2 rings (SSSR count). The molecule has 2 heterocycles. The zero-order valence-electron chi connectivity index (χ0n) is 38.8. The van der Waals surface area contributed by atoms with Crippen LogP contribution in [-0.2, 0) is 33.2 Å². The summed E-state index contributed by atoms with van der Waals surface area (Å²) in [7, 11) is 0. The number of ether oxygens (including phenoxy) is 6. The molecule has 0 aromatic carbocycles. The lowest BCUT2D eigenvalue weighted by molar-refractivity contribution is -0.332. The van der Waals surface area contributed by atoms with Crippen LogP contribution in [0.25, 0.3) is 0 Å². The van der Waals surface area contributed by atoms with E-state index in [9.17, 15) is 40.5 Å². The van der Waals surface area contributed by atoms with E-state index in [1.165, 1.54) is 70.6 Å². The van der Waals surface area contributed by atoms with Crippen molar-refractivity contribution in [1.82, 2.24) is 0 Å². The number of allylic oxidation sites excluding steroid dienone is 6. The van der Waals surface area contributed by atoms with Crippen LogP contribution in [0.4, 0.5) is 0 Å². The van der Waals surface area contributed by atoms with E-state index >= 15 is 0 Å². The first-order valence-electron chi connectivity index (χ1n) is 24.6. The fourth-order valence-electron chi connectivity index (χ4n) is 7.54. The van der Waals surface area contributed by atoms with Gasteiger partial charge in [0.25, 0.3) is 0 Å². The SMILES string of the molecule is CCCCC/C=C\CCCCCCCCOCC(COC1OC(COC2OC(CO)C(O)C(O)C2O)C(O)C(O)C1O)OC(=O)CCCCCCC/C=C\C/C=C\CCCCCC. The average Bonchev–Trinajstić information content (AvgIpc) is 3.28. The lowest BCUT2D eigenvalue weighted by Gasteiger charge is -2.42. The number of unbranched alkanes of at least 4 members (excludes halogenated alkanes) is 18. The molecule has 2 aliphatic rings. The number of carbonyl (C=O) groups is 1. The summed E-state index contributed by atoms with van der Waals surface area (Å²) in [6.45, 7) is 3.61. The number of rotatable bonds is 38. The molecule has 7 N–H and O–H groups in total. The van der Waals surface area contributed by atoms with E-state index in [-0.39, 0.29) is 19.6 Å². The van der Waals surface area contributed by atoms with Crippen LogP contribution in [0.3, 0.4) is 0 Å². The summed E-state index contributed by atoms with van der Waals surface area (Å²) < 4.78 is 34.2. The van der Waals surface area contributed by atoms with Crippen LogP contribution in [0.2, 0.25) is 0 Å². The van der Waals surface area contributed by atoms with Gasteiger partial charge in [0.1, 0.15) is 54.9 Å². The van der Waals surface area contributed by atoms with Gasteiger partial charge in [-0.25, -0.2) is 0 Å². The van der Waals surface area contributed by atoms with Crippen molar-refractivity contribution in [2.45, 2.75) is 235 Å². The van der Waals surface area contributed by atoms with Gasteiger partial charge in [0.05, 0.1) is 26.4 Å². The molecule has 0 aromatic heterocycles. The molecule has 0 spiro atoms. The zero-order chi connectivity index (χ0) is 45.9. The van der Waals surface area contributed by atoms with E-state index in [4.69, 9.17) is 28.4 Å². The van der Waals surface area contributed by atoms with Crippen LogP contribution >= 0.6 is 0 Å². The average molecular weight is 901 g/mol. The summed E-state index contributed by atoms with van der Waals surface area (Å²) >= 11 is 0. The second kappa shape index (κ2) is 37.3. The zero-order valence-corrected chi connectivity index (χ0v) is 38.8. The van der Waals surface area contributed by atoms with E-state index in [0.717, 1.165) is 70.6 Å². The fourth-order valence-corrected chi connectivity index (χ4v) is 7.54. The molecule has 0 saturated carbocycles. The molecule has 14 heteroatoms. The normalized spacial score (nSPS) is 27.3. The molecule has 0 radical (unpaired) electrons. The molecule has 63 heavy (non-hydrogen) atoms. The molecule has 14 nitrogen and oxygen atoms in total. The second-order valence-corrected chi connectivity index (χ2v) is 17.3. The van der Waals surface area contributed by atoms with Crippen molar-refractivity contribution in [3.63, 3.8) is 0 Å². The third-order valence-corrected chi connectivity index (χ3v) is 11.6. The molecular weight excluding hydrogens is 813 g/mol. The Morgan fingerprint density at radius 1 is 0.524 bits per heavy atom. The highest BCUT2D eigenvalue weighted by Gasteiger charge is 2.47. The molecule has 2 aliphatic heterocycles. The van der Waals surface area contributed by atoms with Gasteiger partial charge in [0, 0.05) is 13.0 Å². The van der Waals surface area contributed by atoms with Gasteiger partial charge in [0.2, 0.25) is 0 Å². The predicted molar refractivity (Wildman–Crippen MR) is 243 cm³/mol. The maximum absolute atomic E-state index is 13.0. The molecular formula is C49H88O14. The van der Waals surface area contributed by atoms with Crippen molar-refractivity contribution < 1.29 is 69.0 Å². The lowest BCUT2D eigenvalue weighted by Crippen LogP contribution is -2.61. The van der Waals surface area contributed by atoms with Crippen molar-refractivity contribution in [3.8, 4) is 0 Å². The van der Waals surface area contributed by atoms with Gasteiger partial charge < -0.3 is 64.2 Å². The van der Waals surface area contributed by atoms with Crippen molar-refractivity contribution in [3.05, 3.63) is 36.5 Å². The van der Waals surface area contributed by atoms with E-state index in [0.29, 0.717) is 13.0 Å². The van der Waals surface area contributed by atoms with Gasteiger partial charge in [-0.2, -0.15) is 0 Å². The minimum Gasteiger partial charge on any atom is -0.457 e. The highest BCUT2D eigenvalue weighted by molar-refractivity contribution is 5.69. The summed E-state index contributed by atoms with van der Waals surface area (Å²) in [6.07, 6.45) is 23.5. The molecule has 2 saturated heterocycles. The maximum Gasteiger partial charge on any atom is 0.306 e. The van der Waals surface area contributed by atoms with Crippen molar-refractivity contribution in [2.75, 3.05) is 33.0 Å². The van der Waals surface area contributed by atoms with Crippen molar-refractivity contribution in [2.24, 2.45) is 0 Å². The topological polar surface area (TPSA) is 214 Å². The molecule has 11 atom stereocenters. The molecule has 0 aromatic rings. The Hall–Kier alpha value is -1.79. The number of aliphatic hydroxyl groups excluding tert-OH is 7. The van der Waals surface area contributed by atoms with Gasteiger partial charge in [-0.15, -0.1) is 0 Å². The largest absolute Gasteiger partial charge is 0.457 e. The van der Waals surface area contributed by atoms with Crippen LogP contribution in [0.15, 0.2) is 36.5 Å². The van der Waals surface area contributed by atoms with E-state index in [1.54, 1.807) is 0 Å². The smallest absolute Gasteiger partial charge is 0.306 e. The predicted octanol–water partition coefficient (Wildman–Crippen LogP) is 6.63. The number of hydrogen-bond acceptors (Lipinski definition) is 14. The molecule has 2 fully saturated rings. The first-order valence-corrected chi connectivity index (χ1v) is 24.6. The first kappa shape index (κ1) is 57.3. The number of esters is 1. The fraction of sp³-hybridized carbons (Fsp3) is 0.857. The molecule has 368 valence electrons. The third-order valence-electron chi connectivity index (χ3n) is 11.6. The van der Waals surface area contributed by atoms with Crippen molar-refractivity contribution >= 4 is 5.97 Å². The highest BCUT2D eigenvalue weighted by Crippen LogP contribution is 2.26. The van der Waals surface area contributed by atoms with E-state index < -0.39 is 86.7 Å². The minimum atomic E-state index is -1.71. The van der Waals surface area contributed by atoms with Gasteiger partial charge in [-0.3, -0.25) is 4.79 Å². The third kappa shape index (κ3) is 25.6. The molecule has 11 unspecified atom stereocenters. The molecule has 0 aliphatic carbocycles. The van der Waals surface area contributed by atoms with Crippen LogP contribution in [-0.4, -0.2) is 142 Å². The number of carbonyl (C=O) groups excluding carboxylic acids is 1. The quantitative estimate of drug-likeness (QED) is 0.0197. The van der Waals surface area contributed by atoms with Gasteiger partial charge in [-0.05, 0) is 70.6 Å². The van der Waals surface area contributed by atoms with Crippen LogP contribution in [0.5, 0.6) is 0 Å². The Labute approximate surface area is 379 Å². The summed E-state index contributed by atoms with van der Waals surface area (Å²) in [5.41, 5.74) is 0. The Morgan fingerprint density at radius 2 is 0.984 bits per heavy atom. The second-order valence-electron chi connectivity index (χ2n) is 17.3. The van der Waals surface area contributed by atoms with Gasteiger partial charge in [0.15, 0.2) is 12.6 Å². The minimum absolute atomic E-state index is 0.0518. The summed E-state index contributed by atoms with van der Waals surface area (Å²) in [4.78, 5) is 13.0. The summed E-state index contributed by atoms with van der Waals surface area (Å²) in [5.74, 6) is -0.393. The maximum atomic E-state index is 13.0. The Balaban J connectivity index is 1.80. The monoisotopic (exact) mass is 901 g/mol. The number of aliphatic hydroxyl groups is 7. The molecule has 0 amide bonds. The van der Waals surface area contributed by atoms with Gasteiger partial charge in [-0.1, -0.05) is 127 Å². The van der Waals surface area contributed by atoms with Crippen LogP contribution < -0.4 is 0 Å². The standard InChI is InChI=1S/C49H88O14/c1-3-5-7-9-11-13-15-17-18-19-20-22-24-26-28-30-32-41(51)61-38(35-58-33-31-29-27-25-23-21-16-14-12-10-8-6-4-2)36-59-48-47(57)45(55)43(53)40(63-48)37-60-49-46(56)44(54)42(52)39(34-50)62-49/h12-15,18-19,38-40,42-50,52-57H,3-11,16-17,20-37H2,1-2H3/b14-12-,15-13-,19-18-. The first-order chi connectivity index (χ1) is 30.6. The Bertz CT molecular complexity index is 1180. The Morgan fingerprint density at radius 3 is 1.57 bits per heavy atom. The lowest BCUT2D eigenvalue weighted by atomic mass is 9.98. The van der Waals surface area contributed by atoms with Gasteiger partial charge >= 0.3 is 5.97 Å². The highest BCUT2D eigenvalue weighted by atomic mass is 16.7. The van der Waals surface area contributed by atoms with E-state index in [2.05, 4.69) is 50.3 Å².